The van der Waals surface area contributed by atoms with Gasteiger partial charge in [0.15, 0.2) is 0 Å². The molecular weight excluding hydrogens is 186 g/mol. The fourth-order valence-electron chi connectivity index (χ4n) is 1.32. The van der Waals surface area contributed by atoms with E-state index in [4.69, 9.17) is 17.3 Å². The first-order chi connectivity index (χ1) is 6.18. The first-order valence-electron chi connectivity index (χ1n) is 3.99. The Morgan fingerprint density at radius 1 is 1.54 bits per heavy atom. The maximum atomic E-state index is 5.75. The lowest BCUT2D eigenvalue weighted by Crippen LogP contribution is -2.01. The van der Waals surface area contributed by atoms with Gasteiger partial charge < -0.3 is 10.3 Å². The number of nitrogens with two attached hydrogens (primary N) is 1. The molecule has 1 atom stereocenters. The van der Waals surface area contributed by atoms with E-state index in [2.05, 4.69) is 4.98 Å². The molecule has 2 aromatic rings. The van der Waals surface area contributed by atoms with E-state index in [-0.39, 0.29) is 0 Å². The maximum absolute atomic E-state index is 5.75. The lowest BCUT2D eigenvalue weighted by molar-refractivity contribution is 0.947. The standard InChI is InChI=1S/C9H10ClN3/c1-13-5-12-7-4-6(9(10)11)2-3-8(7)13/h2-5,9H,11H2,1H3. The second-order valence-corrected chi connectivity index (χ2v) is 3.48. The molecule has 4 heteroatoms. The average molecular weight is 196 g/mol. The highest BCUT2D eigenvalue weighted by Crippen LogP contribution is 2.19. The zero-order valence-corrected chi connectivity index (χ0v) is 7.99. The molecule has 1 aromatic heterocycles. The van der Waals surface area contributed by atoms with Crippen LogP contribution in [0.5, 0.6) is 0 Å². The number of benzene rings is 1. The second kappa shape index (κ2) is 3.01. The van der Waals surface area contributed by atoms with Gasteiger partial charge in [-0.15, -0.1) is 11.6 Å². The molecule has 13 heavy (non-hydrogen) atoms. The number of alkyl halides is 1. The van der Waals surface area contributed by atoms with Crippen molar-refractivity contribution in [2.24, 2.45) is 12.8 Å². The van der Waals surface area contributed by atoms with Gasteiger partial charge in [0.2, 0.25) is 0 Å². The number of hydrogen-bond acceptors (Lipinski definition) is 2. The molecule has 2 rings (SSSR count). The summed E-state index contributed by atoms with van der Waals surface area (Å²) >= 11 is 5.75. The van der Waals surface area contributed by atoms with Crippen LogP contribution in [0.1, 0.15) is 11.1 Å². The summed E-state index contributed by atoms with van der Waals surface area (Å²) in [6.07, 6.45) is 1.77. The molecule has 0 fully saturated rings. The van der Waals surface area contributed by atoms with Crippen molar-refractivity contribution in [3.63, 3.8) is 0 Å². The van der Waals surface area contributed by atoms with E-state index in [1.807, 2.05) is 29.8 Å². The van der Waals surface area contributed by atoms with Crippen LogP contribution in [0.25, 0.3) is 11.0 Å². The Morgan fingerprint density at radius 2 is 2.31 bits per heavy atom. The minimum absolute atomic E-state index is 0.452. The number of nitrogens with zero attached hydrogens (tertiary/aromatic N) is 2. The molecule has 1 aromatic carbocycles. The molecule has 0 aliphatic heterocycles. The first-order valence-corrected chi connectivity index (χ1v) is 4.43. The minimum Gasteiger partial charge on any atom is -0.334 e. The van der Waals surface area contributed by atoms with E-state index >= 15 is 0 Å². The maximum Gasteiger partial charge on any atom is 0.106 e. The monoisotopic (exact) mass is 195 g/mol. The van der Waals surface area contributed by atoms with Crippen molar-refractivity contribution < 1.29 is 0 Å². The number of imidazole rings is 1. The van der Waals surface area contributed by atoms with E-state index in [9.17, 15) is 0 Å². The fourth-order valence-corrected chi connectivity index (χ4v) is 1.46. The van der Waals surface area contributed by atoms with E-state index in [0.29, 0.717) is 0 Å². The molecular formula is C9H10ClN3. The number of hydrogen-bond donors (Lipinski definition) is 1. The molecule has 3 nitrogen and oxygen atoms in total. The molecule has 0 aliphatic rings. The van der Waals surface area contributed by atoms with Gasteiger partial charge in [0.25, 0.3) is 0 Å². The molecule has 1 heterocycles. The molecule has 2 N–H and O–H groups in total. The van der Waals surface area contributed by atoms with Gasteiger partial charge in [-0.1, -0.05) is 6.07 Å². The van der Waals surface area contributed by atoms with Gasteiger partial charge in [0.1, 0.15) is 5.50 Å². The van der Waals surface area contributed by atoms with Gasteiger partial charge in [-0.2, -0.15) is 0 Å². The quantitative estimate of drug-likeness (QED) is 0.557. The third kappa shape index (κ3) is 1.41. The van der Waals surface area contributed by atoms with E-state index < -0.39 is 5.50 Å². The molecule has 0 saturated heterocycles. The largest absolute Gasteiger partial charge is 0.334 e. The summed E-state index contributed by atoms with van der Waals surface area (Å²) in [6.45, 7) is 0. The highest BCUT2D eigenvalue weighted by atomic mass is 35.5. The van der Waals surface area contributed by atoms with Gasteiger partial charge in [-0.05, 0) is 17.7 Å². The van der Waals surface area contributed by atoms with Crippen LogP contribution in [-0.4, -0.2) is 9.55 Å². The van der Waals surface area contributed by atoms with Gasteiger partial charge in [0, 0.05) is 7.05 Å². The van der Waals surface area contributed by atoms with Crippen LogP contribution < -0.4 is 5.73 Å². The lowest BCUT2D eigenvalue weighted by atomic mass is 10.2. The number of aromatic nitrogens is 2. The van der Waals surface area contributed by atoms with Crippen LogP contribution in [0.15, 0.2) is 24.5 Å². The Balaban J connectivity index is 2.63. The van der Waals surface area contributed by atoms with E-state index in [1.165, 1.54) is 0 Å². The Morgan fingerprint density at radius 3 is 3.00 bits per heavy atom. The lowest BCUT2D eigenvalue weighted by Gasteiger charge is -2.02. The van der Waals surface area contributed by atoms with Crippen molar-refractivity contribution in [1.82, 2.24) is 9.55 Å². The van der Waals surface area contributed by atoms with Gasteiger partial charge in [0.05, 0.1) is 17.4 Å². The third-order valence-electron chi connectivity index (χ3n) is 2.07. The summed E-state index contributed by atoms with van der Waals surface area (Å²) in [4.78, 5) is 4.21. The molecule has 0 saturated carbocycles. The zero-order valence-electron chi connectivity index (χ0n) is 7.24. The van der Waals surface area contributed by atoms with E-state index in [0.717, 1.165) is 16.6 Å². The van der Waals surface area contributed by atoms with Crippen molar-refractivity contribution >= 4 is 22.6 Å². The summed E-state index contributed by atoms with van der Waals surface area (Å²) in [5.41, 5.74) is 8.00. The topological polar surface area (TPSA) is 43.8 Å². The van der Waals surface area contributed by atoms with Crippen molar-refractivity contribution in [3.05, 3.63) is 30.1 Å². The second-order valence-electron chi connectivity index (χ2n) is 3.01. The van der Waals surface area contributed by atoms with Gasteiger partial charge in [-0.3, -0.25) is 0 Å². The van der Waals surface area contributed by atoms with Crippen LogP contribution in [0.3, 0.4) is 0 Å². The van der Waals surface area contributed by atoms with Crippen LogP contribution in [0.4, 0.5) is 0 Å². The van der Waals surface area contributed by atoms with Crippen LogP contribution in [0, 0.1) is 0 Å². The molecule has 0 spiro atoms. The highest BCUT2D eigenvalue weighted by Gasteiger charge is 2.04. The molecule has 1 unspecified atom stereocenters. The van der Waals surface area contributed by atoms with Gasteiger partial charge in [-0.25, -0.2) is 4.98 Å². The number of fused-ring (bicyclic) bond motifs is 1. The number of rotatable bonds is 1. The molecule has 0 radical (unpaired) electrons. The highest BCUT2D eigenvalue weighted by molar-refractivity contribution is 6.20. The van der Waals surface area contributed by atoms with Crippen LogP contribution >= 0.6 is 11.6 Å². The number of aryl methyl sites for hydroxylation is 1. The molecule has 68 valence electrons. The van der Waals surface area contributed by atoms with Crippen molar-refractivity contribution in [2.45, 2.75) is 5.50 Å². The predicted molar refractivity (Wildman–Crippen MR) is 53.5 cm³/mol. The Hall–Kier alpha value is -1.06. The Labute approximate surface area is 81.1 Å². The van der Waals surface area contributed by atoms with Crippen LogP contribution in [-0.2, 0) is 7.05 Å². The molecule has 0 aliphatic carbocycles. The average Bonchev–Trinajstić information content (AvgIpc) is 2.47. The summed E-state index contributed by atoms with van der Waals surface area (Å²) in [6, 6.07) is 5.80. The summed E-state index contributed by atoms with van der Waals surface area (Å²) in [7, 11) is 1.95. The van der Waals surface area contributed by atoms with Crippen molar-refractivity contribution in [3.8, 4) is 0 Å². The van der Waals surface area contributed by atoms with Crippen molar-refractivity contribution in [2.75, 3.05) is 0 Å². The smallest absolute Gasteiger partial charge is 0.106 e. The van der Waals surface area contributed by atoms with Crippen molar-refractivity contribution in [1.29, 1.82) is 0 Å². The third-order valence-corrected chi connectivity index (χ3v) is 2.32. The van der Waals surface area contributed by atoms with Gasteiger partial charge >= 0.3 is 0 Å². The zero-order chi connectivity index (χ0) is 9.42. The minimum atomic E-state index is -0.452. The summed E-state index contributed by atoms with van der Waals surface area (Å²) < 4.78 is 1.96. The number of halogens is 1. The predicted octanol–water partition coefficient (Wildman–Crippen LogP) is 1.77. The van der Waals surface area contributed by atoms with E-state index in [1.54, 1.807) is 6.33 Å². The Bertz CT molecular complexity index is 433. The fraction of sp³-hybridized carbons (Fsp3) is 0.222. The summed E-state index contributed by atoms with van der Waals surface area (Å²) in [5, 5.41) is 0. The first kappa shape index (κ1) is 8.53. The molecule has 0 amide bonds. The normalized spacial score (nSPS) is 13.5. The van der Waals surface area contributed by atoms with Crippen LogP contribution in [0.2, 0.25) is 0 Å². The molecule has 0 bridgehead atoms. The SMILES string of the molecule is Cn1cnc2cc(C(N)Cl)ccc21. The Kier molecular flexibility index (Phi) is 1.98. The summed E-state index contributed by atoms with van der Waals surface area (Å²) in [5.74, 6) is 0.